The second-order valence-corrected chi connectivity index (χ2v) is 23.8. The van der Waals surface area contributed by atoms with Crippen molar-refractivity contribution in [3.8, 4) is 85.1 Å². The molecule has 0 N–H and O–H groups in total. The van der Waals surface area contributed by atoms with Crippen LogP contribution in [0.5, 0.6) is 51.7 Å². The van der Waals surface area contributed by atoms with E-state index in [1.165, 1.54) is 32.9 Å². The van der Waals surface area contributed by atoms with E-state index in [4.69, 9.17) is 71.1 Å². The van der Waals surface area contributed by atoms with Gasteiger partial charge in [0.2, 0.25) is 0 Å². The van der Waals surface area contributed by atoms with E-state index < -0.39 is 59.5 Å². The molecule has 0 atom stereocenters. The van der Waals surface area contributed by atoms with E-state index in [1.54, 1.807) is 151 Å². The maximum atomic E-state index is 14.7. The Balaban J connectivity index is 0.000000345. The van der Waals surface area contributed by atoms with Crippen molar-refractivity contribution in [3.05, 3.63) is 237 Å². The molecule has 109 heavy (non-hydrogen) atoms. The van der Waals surface area contributed by atoms with Crippen molar-refractivity contribution in [2.24, 2.45) is 0 Å². The second kappa shape index (κ2) is 45.3. The van der Waals surface area contributed by atoms with Crippen LogP contribution in [-0.2, 0) is 71.6 Å². The standard InChI is InChI=1S/C28H29FO8.2C28H30O8/c1-17(2)26(30)35-11-9-33-22-13-21(14-23(16-22)34-10-12-36-27(31)18(3)4)20-7-8-25(24(29)15-20)37-28(32)19(5)6;1-18(2)26(29)34-13-11-32-24-15-22(16-25(17-24)33-12-14-35-27(30)19(3)4)21-7-9-23(10-8-21)36-28(31)20(5)6;1-18(2)26(29)34-15-13-32-23-11-12-24(25(17-23)33-14-16-35-27(30)19(3)4)21-7-9-22(10-8-21)36-28(31)20(5)6/h7-8,13-16H,1,3,5,9-12H2,2,4,6H3;7-10,15-17H,1,3,5,11-14H2,2,4,6H3;7-12,17H,1,3,5,13-16H2,2,4,6H3. The summed E-state index contributed by atoms with van der Waals surface area (Å²) in [5.74, 6) is -2.38. The smallest absolute Gasteiger partial charge is 0.338 e. The van der Waals surface area contributed by atoms with Gasteiger partial charge in [-0.15, -0.1) is 0 Å². The number of halogens is 1. The minimum Gasteiger partial charge on any atom is -0.490 e. The Morgan fingerprint density at radius 3 is 0.817 bits per heavy atom. The minimum absolute atomic E-state index is 0.0135. The first-order chi connectivity index (χ1) is 51.6. The molecule has 0 unspecified atom stereocenters. The fraction of sp³-hybridized carbons (Fsp3) is 0.250. The summed E-state index contributed by atoms with van der Waals surface area (Å²) in [7, 11) is 0. The number of rotatable bonds is 39. The quantitative estimate of drug-likeness (QED) is 0.0114. The molecule has 6 rings (SSSR count). The van der Waals surface area contributed by atoms with Gasteiger partial charge in [0.1, 0.15) is 125 Å². The van der Waals surface area contributed by atoms with Crippen molar-refractivity contribution in [1.29, 1.82) is 0 Å². The molecule has 0 aliphatic carbocycles. The average Bonchev–Trinajstić information content (AvgIpc) is 0.833. The van der Waals surface area contributed by atoms with Gasteiger partial charge in [0, 0.05) is 73.9 Å². The highest BCUT2D eigenvalue weighted by molar-refractivity contribution is 5.92. The lowest BCUT2D eigenvalue weighted by atomic mass is 10.0. The number of carbonyl (C=O) groups is 9. The highest BCUT2D eigenvalue weighted by Crippen LogP contribution is 2.37. The summed E-state index contributed by atoms with van der Waals surface area (Å²) < 4.78 is 94.8. The van der Waals surface area contributed by atoms with Gasteiger partial charge in [-0.2, -0.15) is 0 Å². The third-order valence-electron chi connectivity index (χ3n) is 13.6. The summed E-state index contributed by atoms with van der Waals surface area (Å²) in [5.41, 5.74) is 6.56. The van der Waals surface area contributed by atoms with Gasteiger partial charge in [0.15, 0.2) is 11.6 Å². The van der Waals surface area contributed by atoms with E-state index in [-0.39, 0.29) is 102 Å². The Morgan fingerprint density at radius 1 is 0.239 bits per heavy atom. The zero-order valence-corrected chi connectivity index (χ0v) is 62.6. The molecule has 0 spiro atoms. The lowest BCUT2D eigenvalue weighted by Gasteiger charge is -2.15. The highest BCUT2D eigenvalue weighted by atomic mass is 19.1. The molecule has 0 saturated heterocycles. The Labute approximate surface area is 632 Å². The normalized spacial score (nSPS) is 10.1. The third kappa shape index (κ3) is 32.5. The molecule has 0 bridgehead atoms. The van der Waals surface area contributed by atoms with E-state index in [0.717, 1.165) is 22.3 Å². The molecule has 0 aromatic heterocycles. The van der Waals surface area contributed by atoms with Crippen LogP contribution in [0.3, 0.4) is 0 Å². The molecule has 576 valence electrons. The molecule has 0 aliphatic heterocycles. The first kappa shape index (κ1) is 88.3. The number of hydrogen-bond donors (Lipinski definition) is 0. The molecule has 6 aromatic carbocycles. The van der Waals surface area contributed by atoms with Gasteiger partial charge in [-0.05, 0) is 163 Å². The fourth-order valence-corrected chi connectivity index (χ4v) is 8.01. The molecule has 0 saturated carbocycles. The lowest BCUT2D eigenvalue weighted by Crippen LogP contribution is -2.13. The SMILES string of the molecule is C=C(C)C(=O)OCCOc1cc(OCCOC(=O)C(=C)C)cc(-c2ccc(OC(=O)C(=C)C)c(F)c2)c1.C=C(C)C(=O)OCCOc1cc(OCCOC(=O)C(=C)C)cc(-c2ccc(OC(=O)C(=C)C)cc2)c1.C=C(C)C(=O)OCCOc1ccc(-c2ccc(OC(=O)C(=C)C)cc2)c(OCCOC(=O)C(=C)C)c1. The Bertz CT molecular complexity index is 4280. The Morgan fingerprint density at radius 2 is 0.505 bits per heavy atom. The van der Waals surface area contributed by atoms with Crippen LogP contribution in [-0.4, -0.2) is 133 Å². The summed E-state index contributed by atoms with van der Waals surface area (Å²) >= 11 is 0. The largest absolute Gasteiger partial charge is 0.490 e. The number of benzene rings is 6. The number of esters is 9. The molecule has 0 fully saturated rings. The van der Waals surface area contributed by atoms with Gasteiger partial charge in [-0.1, -0.05) is 89.5 Å². The first-order valence-corrected chi connectivity index (χ1v) is 33.4. The van der Waals surface area contributed by atoms with Crippen molar-refractivity contribution >= 4 is 53.7 Å². The molecule has 24 nitrogen and oxygen atoms in total. The van der Waals surface area contributed by atoms with Crippen LogP contribution in [0, 0.1) is 5.82 Å². The predicted molar refractivity (Wildman–Crippen MR) is 405 cm³/mol. The summed E-state index contributed by atoms with van der Waals surface area (Å²) in [6.07, 6.45) is 0. The van der Waals surface area contributed by atoms with Crippen LogP contribution in [0.1, 0.15) is 62.3 Å². The molecule has 0 radical (unpaired) electrons. The second-order valence-electron chi connectivity index (χ2n) is 23.8. The van der Waals surface area contributed by atoms with Crippen LogP contribution < -0.4 is 42.6 Å². The predicted octanol–water partition coefficient (Wildman–Crippen LogP) is 14.6. The van der Waals surface area contributed by atoms with Gasteiger partial charge in [0.25, 0.3) is 0 Å². The monoisotopic (exact) mass is 1500 g/mol. The van der Waals surface area contributed by atoms with Crippen LogP contribution in [0.4, 0.5) is 4.39 Å². The van der Waals surface area contributed by atoms with Crippen LogP contribution in [0.2, 0.25) is 0 Å². The van der Waals surface area contributed by atoms with Crippen LogP contribution in [0.25, 0.3) is 33.4 Å². The van der Waals surface area contributed by atoms with E-state index in [9.17, 15) is 47.5 Å². The number of carbonyl (C=O) groups excluding carboxylic acids is 9. The van der Waals surface area contributed by atoms with Crippen molar-refractivity contribution in [3.63, 3.8) is 0 Å². The van der Waals surface area contributed by atoms with Crippen molar-refractivity contribution in [2.75, 3.05) is 79.3 Å². The van der Waals surface area contributed by atoms with Crippen molar-refractivity contribution < 1.29 is 119 Å². The number of ether oxygens (including phenoxy) is 15. The lowest BCUT2D eigenvalue weighted by molar-refractivity contribution is -0.140. The molecular formula is C84H89FO24. The van der Waals surface area contributed by atoms with Gasteiger partial charge < -0.3 is 71.1 Å². The van der Waals surface area contributed by atoms with Crippen LogP contribution >= 0.6 is 0 Å². The summed E-state index contributed by atoms with van der Waals surface area (Å²) in [6, 6.07) is 33.3. The molecule has 6 aromatic rings. The maximum Gasteiger partial charge on any atom is 0.338 e. The Kier molecular flexibility index (Phi) is 36.7. The van der Waals surface area contributed by atoms with Gasteiger partial charge in [-0.25, -0.2) is 47.5 Å². The molecule has 0 aliphatic rings. The van der Waals surface area contributed by atoms with E-state index in [2.05, 4.69) is 59.2 Å². The Hall–Kier alpha value is -13.1. The third-order valence-corrected chi connectivity index (χ3v) is 13.6. The van der Waals surface area contributed by atoms with Gasteiger partial charge in [0.05, 0.1) is 0 Å². The summed E-state index contributed by atoms with van der Waals surface area (Å²) in [5, 5.41) is 0. The first-order valence-electron chi connectivity index (χ1n) is 33.4. The molecule has 0 heterocycles. The number of hydrogen-bond acceptors (Lipinski definition) is 24. The van der Waals surface area contributed by atoms with Crippen molar-refractivity contribution in [1.82, 2.24) is 0 Å². The summed E-state index contributed by atoms with van der Waals surface area (Å²) in [6.45, 7) is 46.4. The minimum atomic E-state index is -0.751. The van der Waals surface area contributed by atoms with Crippen molar-refractivity contribution in [2.45, 2.75) is 62.3 Å². The van der Waals surface area contributed by atoms with E-state index >= 15 is 0 Å². The fourth-order valence-electron chi connectivity index (χ4n) is 8.01. The van der Waals surface area contributed by atoms with E-state index in [1.807, 2.05) is 0 Å². The van der Waals surface area contributed by atoms with E-state index in [0.29, 0.717) is 90.6 Å². The highest BCUT2D eigenvalue weighted by Gasteiger charge is 2.18. The topological polar surface area (TPSA) is 292 Å². The zero-order valence-electron chi connectivity index (χ0n) is 62.6. The van der Waals surface area contributed by atoms with Gasteiger partial charge >= 0.3 is 53.7 Å². The molecular weight excluding hydrogens is 1410 g/mol. The van der Waals surface area contributed by atoms with Gasteiger partial charge in [-0.3, -0.25) is 0 Å². The maximum absolute atomic E-state index is 14.7. The average molecular weight is 1500 g/mol. The molecule has 0 amide bonds. The zero-order chi connectivity index (χ0) is 80.9. The molecule has 25 heteroatoms. The summed E-state index contributed by atoms with van der Waals surface area (Å²) in [4.78, 5) is 104. The van der Waals surface area contributed by atoms with Crippen LogP contribution in [0.15, 0.2) is 231 Å².